The van der Waals surface area contributed by atoms with Crippen molar-refractivity contribution in [3.05, 3.63) is 52.1 Å². The van der Waals surface area contributed by atoms with Gasteiger partial charge in [-0.25, -0.2) is 4.39 Å². The maximum Gasteiger partial charge on any atom is 0.222 e. The van der Waals surface area contributed by atoms with Crippen molar-refractivity contribution in [3.63, 3.8) is 0 Å². The molecule has 0 saturated carbocycles. The maximum atomic E-state index is 14.0. The number of carbonyl (C=O) groups is 1. The molecule has 1 aromatic heterocycles. The van der Waals surface area contributed by atoms with Crippen LogP contribution >= 0.6 is 11.6 Å². The number of carbonyl (C=O) groups excluding carboxylic acids is 1. The van der Waals surface area contributed by atoms with Gasteiger partial charge in [0, 0.05) is 48.9 Å². The van der Waals surface area contributed by atoms with Gasteiger partial charge in [-0.3, -0.25) is 14.4 Å². The highest BCUT2D eigenvalue weighted by Crippen LogP contribution is 2.35. The quantitative estimate of drug-likeness (QED) is 0.919. The van der Waals surface area contributed by atoms with Crippen molar-refractivity contribution in [1.29, 1.82) is 0 Å². The molecule has 0 bridgehead atoms. The molecule has 0 aliphatic carbocycles. The Labute approximate surface area is 145 Å². The van der Waals surface area contributed by atoms with E-state index in [4.69, 9.17) is 17.3 Å². The fourth-order valence-electron chi connectivity index (χ4n) is 3.40. The Morgan fingerprint density at radius 1 is 1.46 bits per heavy atom. The van der Waals surface area contributed by atoms with Gasteiger partial charge in [0.2, 0.25) is 5.91 Å². The lowest BCUT2D eigenvalue weighted by molar-refractivity contribution is -0.121. The largest absolute Gasteiger partial charge is 0.369 e. The molecule has 0 spiro atoms. The van der Waals surface area contributed by atoms with Crippen LogP contribution in [-0.4, -0.2) is 33.7 Å². The molecule has 1 aliphatic heterocycles. The van der Waals surface area contributed by atoms with Crippen LogP contribution in [0.4, 0.5) is 4.39 Å². The molecule has 1 aromatic carbocycles. The normalized spacial score (nSPS) is 21.3. The number of likely N-dealkylation sites (tertiary alicyclic amines) is 1. The third-order valence-electron chi connectivity index (χ3n) is 4.84. The Bertz CT molecular complexity index is 776. The predicted octanol–water partition coefficient (Wildman–Crippen LogP) is 2.22. The highest BCUT2D eigenvalue weighted by atomic mass is 35.5. The predicted molar refractivity (Wildman–Crippen MR) is 90.1 cm³/mol. The number of halogens is 2. The summed E-state index contributed by atoms with van der Waals surface area (Å²) >= 11 is 5.96. The Morgan fingerprint density at radius 2 is 2.21 bits per heavy atom. The second-order valence-corrected chi connectivity index (χ2v) is 6.79. The highest BCUT2D eigenvalue weighted by molar-refractivity contribution is 6.30. The molecular weight excluding hydrogens is 331 g/mol. The zero-order valence-corrected chi connectivity index (χ0v) is 14.4. The molecule has 5 nitrogen and oxygen atoms in total. The van der Waals surface area contributed by atoms with Crippen LogP contribution in [0.2, 0.25) is 5.02 Å². The van der Waals surface area contributed by atoms with E-state index in [1.165, 1.54) is 12.1 Å². The molecule has 1 saturated heterocycles. The Balaban J connectivity index is 1.84. The molecule has 1 fully saturated rings. The summed E-state index contributed by atoms with van der Waals surface area (Å²) in [7, 11) is 1.87. The van der Waals surface area contributed by atoms with Crippen LogP contribution in [0, 0.1) is 18.7 Å². The summed E-state index contributed by atoms with van der Waals surface area (Å²) in [5.41, 5.74) is 8.17. The van der Waals surface area contributed by atoms with Gasteiger partial charge in [0.05, 0.1) is 12.1 Å². The van der Waals surface area contributed by atoms with Crippen molar-refractivity contribution in [2.75, 3.05) is 13.1 Å². The van der Waals surface area contributed by atoms with Crippen molar-refractivity contribution in [2.24, 2.45) is 18.7 Å². The fraction of sp³-hybridized carbons (Fsp3) is 0.412. The van der Waals surface area contributed by atoms with Gasteiger partial charge >= 0.3 is 0 Å². The first-order chi connectivity index (χ1) is 11.4. The van der Waals surface area contributed by atoms with Crippen LogP contribution < -0.4 is 5.73 Å². The Morgan fingerprint density at radius 3 is 2.83 bits per heavy atom. The lowest BCUT2D eigenvalue weighted by Gasteiger charge is -2.16. The number of amides is 1. The summed E-state index contributed by atoms with van der Waals surface area (Å²) in [4.78, 5) is 13.9. The standard InChI is InChI=1S/C17H20ClFN4O/c1-10-13(6-21-22(10)2)14-8-23(9-15(14)17(20)24)7-11-5-12(18)3-4-16(11)19/h3-6,14-15H,7-9H2,1-2H3,(H2,20,24)/t14-,15+/m1/s1. The zero-order chi connectivity index (χ0) is 17.4. The van der Waals surface area contributed by atoms with Gasteiger partial charge in [-0.2, -0.15) is 5.10 Å². The molecule has 1 amide bonds. The summed E-state index contributed by atoms with van der Waals surface area (Å²) in [6.07, 6.45) is 1.79. The van der Waals surface area contributed by atoms with E-state index in [2.05, 4.69) is 5.10 Å². The molecule has 2 heterocycles. The minimum Gasteiger partial charge on any atom is -0.369 e. The highest BCUT2D eigenvalue weighted by Gasteiger charge is 2.39. The third kappa shape index (κ3) is 3.16. The van der Waals surface area contributed by atoms with E-state index in [0.29, 0.717) is 30.2 Å². The number of primary amides is 1. The van der Waals surface area contributed by atoms with Gasteiger partial charge < -0.3 is 5.73 Å². The van der Waals surface area contributed by atoms with E-state index in [1.54, 1.807) is 16.9 Å². The number of benzene rings is 1. The Hall–Kier alpha value is -1.92. The zero-order valence-electron chi connectivity index (χ0n) is 13.7. The van der Waals surface area contributed by atoms with Crippen molar-refractivity contribution < 1.29 is 9.18 Å². The van der Waals surface area contributed by atoms with Gasteiger partial charge in [0.25, 0.3) is 0 Å². The summed E-state index contributed by atoms with van der Waals surface area (Å²) < 4.78 is 15.8. The van der Waals surface area contributed by atoms with Gasteiger partial charge in [-0.05, 0) is 30.7 Å². The van der Waals surface area contributed by atoms with Gasteiger partial charge in [-0.15, -0.1) is 0 Å². The first-order valence-corrected chi connectivity index (χ1v) is 8.18. The second-order valence-electron chi connectivity index (χ2n) is 6.35. The number of hydrogen-bond acceptors (Lipinski definition) is 3. The Kier molecular flexibility index (Phi) is 4.60. The monoisotopic (exact) mass is 350 g/mol. The molecule has 24 heavy (non-hydrogen) atoms. The van der Waals surface area contributed by atoms with Gasteiger partial charge in [-0.1, -0.05) is 11.6 Å². The average molecular weight is 351 g/mol. The van der Waals surface area contributed by atoms with E-state index < -0.39 is 0 Å². The van der Waals surface area contributed by atoms with Crippen molar-refractivity contribution in [2.45, 2.75) is 19.4 Å². The van der Waals surface area contributed by atoms with Crippen LogP contribution in [0.3, 0.4) is 0 Å². The number of rotatable bonds is 4. The molecular formula is C17H20ClFN4O. The summed E-state index contributed by atoms with van der Waals surface area (Å²) in [6, 6.07) is 4.51. The molecule has 0 radical (unpaired) electrons. The van der Waals surface area contributed by atoms with E-state index in [1.807, 2.05) is 18.9 Å². The van der Waals surface area contributed by atoms with Crippen molar-refractivity contribution in [1.82, 2.24) is 14.7 Å². The van der Waals surface area contributed by atoms with Crippen LogP contribution in [-0.2, 0) is 18.4 Å². The van der Waals surface area contributed by atoms with E-state index in [-0.39, 0.29) is 23.6 Å². The van der Waals surface area contributed by atoms with Crippen LogP contribution in [0.15, 0.2) is 24.4 Å². The number of hydrogen-bond donors (Lipinski definition) is 1. The molecule has 1 aliphatic rings. The van der Waals surface area contributed by atoms with E-state index >= 15 is 0 Å². The number of nitrogens with two attached hydrogens (primary N) is 1. The smallest absolute Gasteiger partial charge is 0.222 e. The second kappa shape index (κ2) is 6.53. The summed E-state index contributed by atoms with van der Waals surface area (Å²) in [6.45, 7) is 3.50. The molecule has 128 valence electrons. The van der Waals surface area contributed by atoms with Crippen LogP contribution in [0.25, 0.3) is 0 Å². The number of nitrogens with zero attached hydrogens (tertiary/aromatic N) is 3. The summed E-state index contributed by atoms with van der Waals surface area (Å²) in [5, 5.41) is 4.75. The summed E-state index contributed by atoms with van der Waals surface area (Å²) in [5.74, 6) is -0.970. The average Bonchev–Trinajstić information content (AvgIpc) is 3.08. The molecule has 3 rings (SSSR count). The van der Waals surface area contributed by atoms with Crippen molar-refractivity contribution >= 4 is 17.5 Å². The topological polar surface area (TPSA) is 64.2 Å². The van der Waals surface area contributed by atoms with Crippen LogP contribution in [0.1, 0.15) is 22.7 Å². The van der Waals surface area contributed by atoms with Crippen LogP contribution in [0.5, 0.6) is 0 Å². The van der Waals surface area contributed by atoms with Gasteiger partial charge in [0.15, 0.2) is 0 Å². The first-order valence-electron chi connectivity index (χ1n) is 7.81. The molecule has 2 atom stereocenters. The molecule has 0 unspecified atom stereocenters. The fourth-order valence-corrected chi connectivity index (χ4v) is 3.60. The first kappa shape index (κ1) is 16.9. The number of aromatic nitrogens is 2. The lowest BCUT2D eigenvalue weighted by atomic mass is 9.89. The van der Waals surface area contributed by atoms with E-state index in [9.17, 15) is 9.18 Å². The maximum absolute atomic E-state index is 14.0. The number of aryl methyl sites for hydroxylation is 1. The molecule has 2 N–H and O–H groups in total. The molecule has 2 aromatic rings. The molecule has 7 heteroatoms. The minimum absolute atomic E-state index is 0.0292. The lowest BCUT2D eigenvalue weighted by Crippen LogP contribution is -2.29. The van der Waals surface area contributed by atoms with Crippen molar-refractivity contribution in [3.8, 4) is 0 Å². The SMILES string of the molecule is Cc1c([C@H]2CN(Cc3cc(Cl)ccc3F)C[C@@H]2C(N)=O)cnn1C. The third-order valence-corrected chi connectivity index (χ3v) is 5.07. The van der Waals surface area contributed by atoms with Gasteiger partial charge in [0.1, 0.15) is 5.82 Å². The minimum atomic E-state index is -0.336. The van der Waals surface area contributed by atoms with E-state index in [0.717, 1.165) is 11.3 Å².